The summed E-state index contributed by atoms with van der Waals surface area (Å²) in [6, 6.07) is 8.09. The first kappa shape index (κ1) is 13.2. The molecule has 5 rings (SSSR count). The molecule has 5 nitrogen and oxygen atoms in total. The molecule has 0 saturated heterocycles. The van der Waals surface area contributed by atoms with Crippen molar-refractivity contribution in [3.05, 3.63) is 52.2 Å². The summed E-state index contributed by atoms with van der Waals surface area (Å²) >= 11 is 3.51. The quantitative estimate of drug-likeness (QED) is 0.584. The molecule has 1 aromatic carbocycles. The summed E-state index contributed by atoms with van der Waals surface area (Å²) in [4.78, 5) is 12.6. The Balaban J connectivity index is 1.56. The second kappa shape index (κ2) is 4.89. The van der Waals surface area contributed by atoms with Gasteiger partial charge in [0.15, 0.2) is 0 Å². The van der Waals surface area contributed by atoms with Gasteiger partial charge in [0.2, 0.25) is 0 Å². The summed E-state index contributed by atoms with van der Waals surface area (Å²) in [5.74, 6) is 2.47. The molecule has 0 unspecified atom stereocenters. The van der Waals surface area contributed by atoms with Crippen molar-refractivity contribution in [2.45, 2.75) is 25.2 Å². The highest BCUT2D eigenvalue weighted by Crippen LogP contribution is 2.40. The van der Waals surface area contributed by atoms with Crippen LogP contribution in [0.1, 0.15) is 36.0 Å². The zero-order valence-electron chi connectivity index (χ0n) is 12.2. The predicted molar refractivity (Wildman–Crippen MR) is 90.4 cm³/mol. The Bertz CT molecular complexity index is 1030. The van der Waals surface area contributed by atoms with Crippen molar-refractivity contribution in [1.82, 2.24) is 20.1 Å². The summed E-state index contributed by atoms with van der Waals surface area (Å²) in [6.45, 7) is 0. The highest BCUT2D eigenvalue weighted by Gasteiger charge is 2.27. The van der Waals surface area contributed by atoms with Crippen molar-refractivity contribution in [2.24, 2.45) is 0 Å². The molecule has 0 radical (unpaired) electrons. The van der Waals surface area contributed by atoms with Crippen molar-refractivity contribution in [2.75, 3.05) is 0 Å². The van der Waals surface area contributed by atoms with E-state index in [0.717, 1.165) is 43.7 Å². The molecule has 1 aliphatic rings. The van der Waals surface area contributed by atoms with E-state index in [-0.39, 0.29) is 0 Å². The molecule has 1 N–H and O–H groups in total. The third-order valence-electron chi connectivity index (χ3n) is 4.23. The minimum absolute atomic E-state index is 0.581. The number of benzene rings is 1. The van der Waals surface area contributed by atoms with Crippen LogP contribution in [0.3, 0.4) is 0 Å². The topological polar surface area (TPSA) is 67.6 Å². The van der Waals surface area contributed by atoms with Gasteiger partial charge >= 0.3 is 0 Å². The van der Waals surface area contributed by atoms with Crippen LogP contribution in [0, 0.1) is 0 Å². The van der Waals surface area contributed by atoms with Gasteiger partial charge in [-0.2, -0.15) is 0 Å². The van der Waals surface area contributed by atoms with Crippen molar-refractivity contribution >= 4 is 37.9 Å². The van der Waals surface area contributed by atoms with Crippen LogP contribution < -0.4 is 0 Å². The molecule has 0 aliphatic heterocycles. The zero-order valence-corrected chi connectivity index (χ0v) is 13.8. The average Bonchev–Trinajstić information content (AvgIpc) is 3.15. The second-order valence-corrected chi connectivity index (χ2v) is 6.95. The fraction of sp³-hybridized carbons (Fsp3) is 0.235. The smallest absolute Gasteiger partial charge is 0.140 e. The summed E-state index contributed by atoms with van der Waals surface area (Å²) in [6.07, 6.45) is 4.90. The fourth-order valence-corrected chi connectivity index (χ4v) is 3.27. The molecule has 0 atom stereocenters. The van der Waals surface area contributed by atoms with Gasteiger partial charge in [-0.05, 0) is 31.0 Å². The third kappa shape index (κ3) is 2.34. The van der Waals surface area contributed by atoms with Crippen LogP contribution in [0.25, 0.3) is 21.9 Å². The number of hydrogen-bond acceptors (Lipinski definition) is 4. The monoisotopic (exact) mass is 368 g/mol. The maximum absolute atomic E-state index is 5.41. The lowest BCUT2D eigenvalue weighted by Gasteiger charge is -1.98. The van der Waals surface area contributed by atoms with E-state index in [0.29, 0.717) is 12.3 Å². The van der Waals surface area contributed by atoms with E-state index in [9.17, 15) is 0 Å². The van der Waals surface area contributed by atoms with Crippen LogP contribution in [0.5, 0.6) is 0 Å². The number of nitrogens with zero attached hydrogens (tertiary/aromatic N) is 3. The Labute approximate surface area is 140 Å². The van der Waals surface area contributed by atoms with Gasteiger partial charge in [-0.25, -0.2) is 4.98 Å². The second-order valence-electron chi connectivity index (χ2n) is 6.04. The number of fused-ring (bicyclic) bond motifs is 3. The highest BCUT2D eigenvalue weighted by atomic mass is 79.9. The normalized spacial score (nSPS) is 14.8. The molecule has 3 aromatic heterocycles. The predicted octanol–water partition coefficient (Wildman–Crippen LogP) is 4.33. The zero-order chi connectivity index (χ0) is 15.4. The van der Waals surface area contributed by atoms with Gasteiger partial charge in [0, 0.05) is 21.8 Å². The van der Waals surface area contributed by atoms with Gasteiger partial charge in [0.1, 0.15) is 11.6 Å². The molecular formula is C17H13BrN4O. The first-order valence-electron chi connectivity index (χ1n) is 7.64. The molecule has 1 saturated carbocycles. The number of aromatic nitrogens is 4. The third-order valence-corrected chi connectivity index (χ3v) is 4.73. The Hall–Kier alpha value is -2.21. The Morgan fingerprint density at radius 1 is 1.26 bits per heavy atom. The molecule has 23 heavy (non-hydrogen) atoms. The van der Waals surface area contributed by atoms with Gasteiger partial charge in [0.25, 0.3) is 0 Å². The molecule has 0 amide bonds. The van der Waals surface area contributed by atoms with E-state index in [1.165, 1.54) is 12.8 Å². The molecule has 4 aromatic rings. The number of imidazole rings is 1. The van der Waals surface area contributed by atoms with E-state index in [2.05, 4.69) is 43.2 Å². The molecule has 3 heterocycles. The number of aromatic amines is 1. The van der Waals surface area contributed by atoms with Gasteiger partial charge < -0.3 is 9.51 Å². The van der Waals surface area contributed by atoms with Crippen molar-refractivity contribution in [3.63, 3.8) is 0 Å². The average molecular weight is 369 g/mol. The van der Waals surface area contributed by atoms with Crippen molar-refractivity contribution < 1.29 is 4.52 Å². The lowest BCUT2D eigenvalue weighted by atomic mass is 10.2. The van der Waals surface area contributed by atoms with Crippen LogP contribution in [-0.2, 0) is 6.42 Å². The number of pyridine rings is 1. The fourth-order valence-electron chi connectivity index (χ4n) is 2.91. The number of hydrogen-bond donors (Lipinski definition) is 1. The molecule has 0 spiro atoms. The first-order chi connectivity index (χ1) is 11.3. The Morgan fingerprint density at radius 2 is 2.17 bits per heavy atom. The summed E-state index contributed by atoms with van der Waals surface area (Å²) < 4.78 is 6.43. The standard InChI is InChI=1S/C17H13BrN4O/c18-10-3-4-13-12(5-10)17-14(8-19-13)20-16(21-17)7-11-6-15(23-22-11)9-1-2-9/h3-6,8-9H,1-2,7H2,(H,20,21). The van der Waals surface area contributed by atoms with Gasteiger partial charge in [-0.15, -0.1) is 0 Å². The number of rotatable bonds is 3. The van der Waals surface area contributed by atoms with E-state index in [1.54, 1.807) is 0 Å². The van der Waals surface area contributed by atoms with Crippen LogP contribution in [0.2, 0.25) is 0 Å². The SMILES string of the molecule is Brc1ccc2ncc3[nH]c(Cc4cc(C5CC5)on4)nc3c2c1. The molecule has 1 aliphatic carbocycles. The number of nitrogens with one attached hydrogen (secondary N) is 1. The van der Waals surface area contributed by atoms with Crippen LogP contribution >= 0.6 is 15.9 Å². The largest absolute Gasteiger partial charge is 0.361 e. The maximum atomic E-state index is 5.41. The first-order valence-corrected chi connectivity index (χ1v) is 8.44. The molecule has 114 valence electrons. The van der Waals surface area contributed by atoms with Gasteiger partial charge in [-0.3, -0.25) is 4.98 Å². The summed E-state index contributed by atoms with van der Waals surface area (Å²) in [5, 5.41) is 5.20. The van der Waals surface area contributed by atoms with Gasteiger partial charge in [0.05, 0.1) is 34.9 Å². The van der Waals surface area contributed by atoms with E-state index >= 15 is 0 Å². The van der Waals surface area contributed by atoms with Crippen molar-refractivity contribution in [3.8, 4) is 0 Å². The highest BCUT2D eigenvalue weighted by molar-refractivity contribution is 9.10. The molecule has 0 bridgehead atoms. The van der Waals surface area contributed by atoms with Crippen molar-refractivity contribution in [1.29, 1.82) is 0 Å². The van der Waals surface area contributed by atoms with Crippen LogP contribution in [0.4, 0.5) is 0 Å². The minimum Gasteiger partial charge on any atom is -0.361 e. The molecule has 6 heteroatoms. The van der Waals surface area contributed by atoms with E-state index < -0.39 is 0 Å². The Morgan fingerprint density at radius 3 is 3.04 bits per heavy atom. The lowest BCUT2D eigenvalue weighted by molar-refractivity contribution is 0.379. The number of halogens is 1. The Kier molecular flexibility index (Phi) is 2.82. The van der Waals surface area contributed by atoms with Crippen LogP contribution in [-0.4, -0.2) is 20.1 Å². The van der Waals surface area contributed by atoms with E-state index in [1.807, 2.05) is 18.3 Å². The summed E-state index contributed by atoms with van der Waals surface area (Å²) in [5.41, 5.74) is 3.74. The molecule has 1 fully saturated rings. The van der Waals surface area contributed by atoms with Gasteiger partial charge in [-0.1, -0.05) is 21.1 Å². The summed E-state index contributed by atoms with van der Waals surface area (Å²) in [7, 11) is 0. The maximum Gasteiger partial charge on any atom is 0.140 e. The lowest BCUT2D eigenvalue weighted by Crippen LogP contribution is -1.90. The molecular weight excluding hydrogens is 356 g/mol. The van der Waals surface area contributed by atoms with Crippen LogP contribution in [0.15, 0.2) is 39.5 Å². The number of H-pyrrole nitrogens is 1. The minimum atomic E-state index is 0.581. The van der Waals surface area contributed by atoms with E-state index in [4.69, 9.17) is 9.51 Å².